The summed E-state index contributed by atoms with van der Waals surface area (Å²) < 4.78 is 0. The van der Waals surface area contributed by atoms with E-state index in [0.717, 1.165) is 25.7 Å². The minimum atomic E-state index is 0.272. The molecule has 0 aromatic carbocycles. The van der Waals surface area contributed by atoms with Crippen LogP contribution in [0.2, 0.25) is 0 Å². The molecule has 1 atom stereocenters. The zero-order valence-electron chi connectivity index (χ0n) is 13.7. The van der Waals surface area contributed by atoms with Crippen LogP contribution in [0.3, 0.4) is 0 Å². The van der Waals surface area contributed by atoms with Gasteiger partial charge in [-0.3, -0.25) is 0 Å². The molecule has 0 bridgehead atoms. The van der Waals surface area contributed by atoms with Crippen molar-refractivity contribution in [3.8, 4) is 0 Å². The summed E-state index contributed by atoms with van der Waals surface area (Å²) in [6.07, 6.45) is 22.1. The smallest absolute Gasteiger partial charge is 0.0625 e. The van der Waals surface area contributed by atoms with E-state index >= 15 is 0 Å². The molecule has 0 aliphatic heterocycles. The molecule has 22 heavy (non-hydrogen) atoms. The molecule has 2 heteroatoms. The SMILES string of the molecule is C[C@@]1(C2=CCCC=C2)CCC(NCN)=C(C2=CC=CCC2)C1. The van der Waals surface area contributed by atoms with Crippen molar-refractivity contribution in [1.29, 1.82) is 0 Å². The second kappa shape index (κ2) is 6.70. The van der Waals surface area contributed by atoms with Crippen LogP contribution in [0.5, 0.6) is 0 Å². The van der Waals surface area contributed by atoms with Crippen LogP contribution in [0.25, 0.3) is 0 Å². The van der Waals surface area contributed by atoms with Gasteiger partial charge in [0.05, 0.1) is 6.67 Å². The predicted octanol–water partition coefficient (Wildman–Crippen LogP) is 4.49. The first-order chi connectivity index (χ1) is 10.7. The van der Waals surface area contributed by atoms with Crippen LogP contribution in [-0.2, 0) is 0 Å². The Morgan fingerprint density at radius 3 is 2.77 bits per heavy atom. The van der Waals surface area contributed by atoms with E-state index in [9.17, 15) is 0 Å². The van der Waals surface area contributed by atoms with Gasteiger partial charge in [0.15, 0.2) is 0 Å². The van der Waals surface area contributed by atoms with Crippen LogP contribution in [-0.4, -0.2) is 6.67 Å². The van der Waals surface area contributed by atoms with Gasteiger partial charge in [-0.05, 0) is 67.1 Å². The van der Waals surface area contributed by atoms with E-state index in [1.165, 1.54) is 41.7 Å². The first-order valence-electron chi connectivity index (χ1n) is 8.62. The fourth-order valence-electron chi connectivity index (χ4n) is 3.92. The molecule has 0 fully saturated rings. The van der Waals surface area contributed by atoms with E-state index in [4.69, 9.17) is 5.73 Å². The van der Waals surface area contributed by atoms with E-state index in [2.05, 4.69) is 48.7 Å². The van der Waals surface area contributed by atoms with E-state index in [0.29, 0.717) is 6.67 Å². The van der Waals surface area contributed by atoms with Crippen LogP contribution in [0.15, 0.2) is 58.9 Å². The standard InChI is InChI=1S/C20H28N2/c1-20(17-10-6-3-7-11-17)13-12-19(22-15-21)18(14-20)16-8-4-2-5-9-16/h2,4,6,8,10-11,22H,3,5,7,9,12-15,21H2,1H3/t20-/m1/s1. The first-order valence-corrected chi connectivity index (χ1v) is 8.62. The summed E-state index contributed by atoms with van der Waals surface area (Å²) in [5.41, 5.74) is 12.0. The molecule has 3 aliphatic rings. The molecular formula is C20H28N2. The summed E-state index contributed by atoms with van der Waals surface area (Å²) in [6.45, 7) is 2.97. The Kier molecular flexibility index (Phi) is 4.68. The number of nitrogens with two attached hydrogens (primary N) is 1. The van der Waals surface area contributed by atoms with Gasteiger partial charge in [0.25, 0.3) is 0 Å². The molecule has 0 spiro atoms. The maximum Gasteiger partial charge on any atom is 0.0625 e. The number of nitrogens with one attached hydrogen (secondary N) is 1. The van der Waals surface area contributed by atoms with Gasteiger partial charge >= 0.3 is 0 Å². The van der Waals surface area contributed by atoms with Gasteiger partial charge in [0, 0.05) is 5.70 Å². The molecule has 3 aliphatic carbocycles. The zero-order chi connectivity index (χ0) is 15.4. The van der Waals surface area contributed by atoms with Crippen LogP contribution in [0.4, 0.5) is 0 Å². The quantitative estimate of drug-likeness (QED) is 0.750. The highest BCUT2D eigenvalue weighted by Crippen LogP contribution is 2.47. The molecule has 0 aromatic rings. The Hall–Kier alpha value is -1.54. The molecule has 2 nitrogen and oxygen atoms in total. The molecule has 0 heterocycles. The van der Waals surface area contributed by atoms with Crippen LogP contribution in [0.1, 0.15) is 51.9 Å². The number of hydrogen-bond donors (Lipinski definition) is 2. The molecule has 3 rings (SSSR count). The Morgan fingerprint density at radius 1 is 1.18 bits per heavy atom. The summed E-state index contributed by atoms with van der Waals surface area (Å²) in [4.78, 5) is 0. The fourth-order valence-corrected chi connectivity index (χ4v) is 3.92. The van der Waals surface area contributed by atoms with Crippen molar-refractivity contribution < 1.29 is 0 Å². The highest BCUT2D eigenvalue weighted by Gasteiger charge is 2.34. The maximum atomic E-state index is 5.76. The van der Waals surface area contributed by atoms with Gasteiger partial charge in [-0.25, -0.2) is 0 Å². The number of hydrogen-bond acceptors (Lipinski definition) is 2. The van der Waals surface area contributed by atoms with Gasteiger partial charge in [-0.15, -0.1) is 0 Å². The molecular weight excluding hydrogens is 268 g/mol. The lowest BCUT2D eigenvalue weighted by atomic mass is 9.67. The van der Waals surface area contributed by atoms with E-state index in [-0.39, 0.29) is 5.41 Å². The van der Waals surface area contributed by atoms with Crippen LogP contribution < -0.4 is 11.1 Å². The highest BCUT2D eigenvalue weighted by molar-refractivity contribution is 5.44. The molecule has 118 valence electrons. The van der Waals surface area contributed by atoms with Crippen molar-refractivity contribution in [2.75, 3.05) is 6.67 Å². The topological polar surface area (TPSA) is 38.0 Å². The van der Waals surface area contributed by atoms with Gasteiger partial charge in [-0.2, -0.15) is 0 Å². The van der Waals surface area contributed by atoms with Crippen LogP contribution >= 0.6 is 0 Å². The lowest BCUT2D eigenvalue weighted by Crippen LogP contribution is -2.31. The van der Waals surface area contributed by atoms with E-state index < -0.39 is 0 Å². The Balaban J connectivity index is 1.91. The molecule has 0 aromatic heterocycles. The third kappa shape index (κ3) is 3.12. The molecule has 0 amide bonds. The molecule has 0 saturated carbocycles. The average molecular weight is 296 g/mol. The minimum absolute atomic E-state index is 0.272. The lowest BCUT2D eigenvalue weighted by molar-refractivity contribution is 0.341. The number of allylic oxidation sites excluding steroid dienone is 10. The third-order valence-electron chi connectivity index (χ3n) is 5.27. The maximum absolute atomic E-state index is 5.76. The van der Waals surface area contributed by atoms with Gasteiger partial charge in [-0.1, -0.05) is 43.4 Å². The normalized spacial score (nSPS) is 28.5. The Labute approximate surface area is 134 Å². The largest absolute Gasteiger partial charge is 0.376 e. The summed E-state index contributed by atoms with van der Waals surface area (Å²) in [5, 5.41) is 3.43. The second-order valence-electron chi connectivity index (χ2n) is 6.87. The summed E-state index contributed by atoms with van der Waals surface area (Å²) in [7, 11) is 0. The summed E-state index contributed by atoms with van der Waals surface area (Å²) in [6, 6.07) is 0. The zero-order valence-corrected chi connectivity index (χ0v) is 13.7. The summed E-state index contributed by atoms with van der Waals surface area (Å²) in [5.74, 6) is 0. The van der Waals surface area contributed by atoms with Crippen molar-refractivity contribution in [2.45, 2.75) is 51.9 Å². The number of rotatable bonds is 4. The molecule has 3 N–H and O–H groups in total. The van der Waals surface area contributed by atoms with E-state index in [1.54, 1.807) is 0 Å². The van der Waals surface area contributed by atoms with Crippen molar-refractivity contribution in [3.63, 3.8) is 0 Å². The first kappa shape index (κ1) is 15.4. The highest BCUT2D eigenvalue weighted by atomic mass is 15.0. The van der Waals surface area contributed by atoms with E-state index in [1.807, 2.05) is 0 Å². The fraction of sp³-hybridized carbons (Fsp3) is 0.500. The minimum Gasteiger partial charge on any atom is -0.376 e. The average Bonchev–Trinajstić information content (AvgIpc) is 2.58. The second-order valence-corrected chi connectivity index (χ2v) is 6.87. The summed E-state index contributed by atoms with van der Waals surface area (Å²) >= 11 is 0. The van der Waals surface area contributed by atoms with Gasteiger partial charge in [0.1, 0.15) is 0 Å². The van der Waals surface area contributed by atoms with Gasteiger partial charge in [0.2, 0.25) is 0 Å². The predicted molar refractivity (Wildman–Crippen MR) is 94.1 cm³/mol. The Bertz CT molecular complexity index is 575. The van der Waals surface area contributed by atoms with Crippen molar-refractivity contribution >= 4 is 0 Å². The van der Waals surface area contributed by atoms with Crippen molar-refractivity contribution in [1.82, 2.24) is 5.32 Å². The molecule has 0 saturated heterocycles. The van der Waals surface area contributed by atoms with Gasteiger partial charge < -0.3 is 11.1 Å². The van der Waals surface area contributed by atoms with Crippen molar-refractivity contribution in [2.24, 2.45) is 11.1 Å². The Morgan fingerprint density at radius 2 is 2.09 bits per heavy atom. The lowest BCUT2D eigenvalue weighted by Gasteiger charge is -2.39. The van der Waals surface area contributed by atoms with Crippen molar-refractivity contribution in [3.05, 3.63) is 58.9 Å². The van der Waals surface area contributed by atoms with Crippen LogP contribution in [0, 0.1) is 5.41 Å². The monoisotopic (exact) mass is 296 g/mol. The molecule has 0 radical (unpaired) electrons. The third-order valence-corrected chi connectivity index (χ3v) is 5.27. The molecule has 0 unspecified atom stereocenters.